The average molecular weight is 380 g/mol. The molecule has 0 N–H and O–H groups in total. The van der Waals surface area contributed by atoms with Crippen LogP contribution in [0.4, 0.5) is 5.69 Å². The number of amides is 1. The fourth-order valence-electron chi connectivity index (χ4n) is 3.32. The molecular weight excluding hydrogens is 360 g/mol. The number of oxazole rings is 1. The number of aromatic nitrogens is 1. The Hall–Kier alpha value is -3.35. The molecule has 0 spiro atoms. The molecule has 1 atom stereocenters. The number of carbonyl (C=O) groups excluding carboxylic acids is 2. The third kappa shape index (κ3) is 3.31. The average Bonchev–Trinajstić information content (AvgIpc) is 3.31. The van der Waals surface area contributed by atoms with Gasteiger partial charge in [-0.25, -0.2) is 4.98 Å². The molecule has 0 saturated carbocycles. The van der Waals surface area contributed by atoms with E-state index in [4.69, 9.17) is 13.9 Å². The number of ether oxygens (including phenoxy) is 2. The maximum atomic E-state index is 12.4. The predicted octanol–water partition coefficient (Wildman–Crippen LogP) is 3.42. The second-order valence-corrected chi connectivity index (χ2v) is 6.56. The Bertz CT molecular complexity index is 1020. The van der Waals surface area contributed by atoms with E-state index in [1.807, 2.05) is 24.3 Å². The number of carbonyl (C=O) groups is 2. The zero-order valence-electron chi connectivity index (χ0n) is 15.7. The summed E-state index contributed by atoms with van der Waals surface area (Å²) in [7, 11) is 1.61. The van der Waals surface area contributed by atoms with E-state index in [9.17, 15) is 9.59 Å². The van der Waals surface area contributed by atoms with Crippen molar-refractivity contribution in [3.63, 3.8) is 0 Å². The van der Waals surface area contributed by atoms with Crippen molar-refractivity contribution in [2.75, 3.05) is 25.2 Å². The summed E-state index contributed by atoms with van der Waals surface area (Å²) in [5, 5.41) is 0. The molecule has 1 saturated heterocycles. The van der Waals surface area contributed by atoms with Crippen molar-refractivity contribution < 1.29 is 23.5 Å². The molecule has 1 fully saturated rings. The van der Waals surface area contributed by atoms with E-state index in [0.717, 1.165) is 11.3 Å². The first kappa shape index (κ1) is 18.0. The number of nitrogens with zero attached hydrogens (tertiary/aromatic N) is 2. The molecule has 0 bridgehead atoms. The van der Waals surface area contributed by atoms with Crippen LogP contribution in [0.3, 0.4) is 0 Å². The predicted molar refractivity (Wildman–Crippen MR) is 103 cm³/mol. The molecule has 28 heavy (non-hydrogen) atoms. The van der Waals surface area contributed by atoms with Gasteiger partial charge in [0.2, 0.25) is 11.8 Å². The van der Waals surface area contributed by atoms with E-state index < -0.39 is 5.92 Å². The minimum atomic E-state index is -0.435. The molecule has 1 amide bonds. The Kier molecular flexibility index (Phi) is 4.73. The van der Waals surface area contributed by atoms with E-state index in [2.05, 4.69) is 4.98 Å². The first-order valence-electron chi connectivity index (χ1n) is 9.11. The Labute approximate surface area is 161 Å². The lowest BCUT2D eigenvalue weighted by Crippen LogP contribution is -2.26. The summed E-state index contributed by atoms with van der Waals surface area (Å²) >= 11 is 0. The van der Waals surface area contributed by atoms with Gasteiger partial charge in [0, 0.05) is 24.2 Å². The molecule has 2 heterocycles. The molecule has 7 heteroatoms. The summed E-state index contributed by atoms with van der Waals surface area (Å²) < 4.78 is 16.0. The van der Waals surface area contributed by atoms with Gasteiger partial charge in [-0.15, -0.1) is 0 Å². The van der Waals surface area contributed by atoms with Gasteiger partial charge in [-0.2, -0.15) is 0 Å². The minimum Gasteiger partial charge on any atom is -0.497 e. The van der Waals surface area contributed by atoms with E-state index in [1.54, 1.807) is 37.1 Å². The molecule has 1 aliphatic heterocycles. The fourth-order valence-corrected chi connectivity index (χ4v) is 3.32. The fraction of sp³-hybridized carbons (Fsp3) is 0.286. The van der Waals surface area contributed by atoms with Gasteiger partial charge < -0.3 is 18.8 Å². The number of rotatable bonds is 5. The Morgan fingerprint density at radius 1 is 1.25 bits per heavy atom. The van der Waals surface area contributed by atoms with Gasteiger partial charge in [0.15, 0.2) is 5.58 Å². The molecule has 3 aromatic rings. The largest absolute Gasteiger partial charge is 0.497 e. The number of hydrogen-bond donors (Lipinski definition) is 0. The van der Waals surface area contributed by atoms with Crippen molar-refractivity contribution in [2.45, 2.75) is 13.3 Å². The molecule has 0 radical (unpaired) electrons. The third-order valence-electron chi connectivity index (χ3n) is 4.76. The molecule has 4 rings (SSSR count). The van der Waals surface area contributed by atoms with E-state index in [1.165, 1.54) is 0 Å². The van der Waals surface area contributed by atoms with Gasteiger partial charge in [0.05, 0.1) is 19.6 Å². The van der Waals surface area contributed by atoms with Crippen LogP contribution in [0.15, 0.2) is 46.9 Å². The van der Waals surface area contributed by atoms with Gasteiger partial charge in [0.1, 0.15) is 11.3 Å². The molecule has 0 aliphatic carbocycles. The van der Waals surface area contributed by atoms with Gasteiger partial charge in [-0.05, 0) is 49.4 Å². The van der Waals surface area contributed by atoms with Crippen LogP contribution < -0.4 is 9.64 Å². The van der Waals surface area contributed by atoms with Crippen molar-refractivity contribution in [3.8, 4) is 17.2 Å². The first-order chi connectivity index (χ1) is 13.6. The first-order valence-corrected chi connectivity index (χ1v) is 9.11. The number of anilines is 1. The Morgan fingerprint density at radius 2 is 2.04 bits per heavy atom. The molecule has 1 aromatic heterocycles. The maximum absolute atomic E-state index is 12.4. The van der Waals surface area contributed by atoms with Crippen LogP contribution in [-0.4, -0.2) is 37.1 Å². The van der Waals surface area contributed by atoms with Crippen molar-refractivity contribution in [3.05, 3.63) is 42.5 Å². The topological polar surface area (TPSA) is 81.9 Å². The number of esters is 1. The quantitative estimate of drug-likeness (QED) is 0.631. The van der Waals surface area contributed by atoms with Crippen LogP contribution >= 0.6 is 0 Å². The van der Waals surface area contributed by atoms with Crippen LogP contribution in [0.25, 0.3) is 22.6 Å². The molecule has 0 unspecified atom stereocenters. The van der Waals surface area contributed by atoms with E-state index in [0.29, 0.717) is 35.8 Å². The lowest BCUT2D eigenvalue weighted by molar-refractivity contribution is -0.147. The van der Waals surface area contributed by atoms with Crippen LogP contribution in [0.2, 0.25) is 0 Å². The summed E-state index contributed by atoms with van der Waals surface area (Å²) in [5.41, 5.74) is 2.80. The zero-order valence-corrected chi connectivity index (χ0v) is 15.7. The Morgan fingerprint density at radius 3 is 2.75 bits per heavy atom. The van der Waals surface area contributed by atoms with Crippen LogP contribution in [0, 0.1) is 5.92 Å². The van der Waals surface area contributed by atoms with E-state index >= 15 is 0 Å². The summed E-state index contributed by atoms with van der Waals surface area (Å²) in [6.45, 7) is 2.38. The summed E-state index contributed by atoms with van der Waals surface area (Å²) in [5.74, 6) is 0.382. The monoisotopic (exact) mass is 380 g/mol. The Balaban J connectivity index is 1.59. The number of fused-ring (bicyclic) bond motifs is 1. The van der Waals surface area contributed by atoms with Crippen LogP contribution in [0.5, 0.6) is 5.75 Å². The highest BCUT2D eigenvalue weighted by atomic mass is 16.5. The lowest BCUT2D eigenvalue weighted by Gasteiger charge is -2.16. The molecule has 2 aromatic carbocycles. The van der Waals surface area contributed by atoms with Crippen molar-refractivity contribution >= 4 is 28.7 Å². The second-order valence-electron chi connectivity index (χ2n) is 6.56. The SMILES string of the molecule is CCOC(=O)[C@@H]1CC(=O)N(c2ccc3oc(-c4ccc(OC)cc4)nc3c2)C1. The molecule has 1 aliphatic rings. The number of benzene rings is 2. The highest BCUT2D eigenvalue weighted by Gasteiger charge is 2.36. The normalized spacial score (nSPS) is 16.6. The van der Waals surface area contributed by atoms with Crippen LogP contribution in [-0.2, 0) is 14.3 Å². The van der Waals surface area contributed by atoms with Crippen molar-refractivity contribution in [1.82, 2.24) is 4.98 Å². The van der Waals surface area contributed by atoms with Crippen LogP contribution in [0.1, 0.15) is 13.3 Å². The molecule has 144 valence electrons. The summed E-state index contributed by atoms with van der Waals surface area (Å²) in [6.07, 6.45) is 0.160. The summed E-state index contributed by atoms with van der Waals surface area (Å²) in [6, 6.07) is 12.8. The lowest BCUT2D eigenvalue weighted by atomic mass is 10.1. The highest BCUT2D eigenvalue weighted by Crippen LogP contribution is 2.31. The highest BCUT2D eigenvalue weighted by molar-refractivity contribution is 6.00. The molecular formula is C21H20N2O5. The third-order valence-corrected chi connectivity index (χ3v) is 4.76. The van der Waals surface area contributed by atoms with Gasteiger partial charge in [0.25, 0.3) is 0 Å². The maximum Gasteiger partial charge on any atom is 0.311 e. The zero-order chi connectivity index (χ0) is 19.7. The van der Waals surface area contributed by atoms with Crippen molar-refractivity contribution in [1.29, 1.82) is 0 Å². The second kappa shape index (κ2) is 7.34. The van der Waals surface area contributed by atoms with Crippen molar-refractivity contribution in [2.24, 2.45) is 5.92 Å². The van der Waals surface area contributed by atoms with Gasteiger partial charge >= 0.3 is 5.97 Å². The smallest absolute Gasteiger partial charge is 0.311 e. The van der Waals surface area contributed by atoms with E-state index in [-0.39, 0.29) is 18.3 Å². The van der Waals surface area contributed by atoms with Gasteiger partial charge in [-0.3, -0.25) is 9.59 Å². The summed E-state index contributed by atoms with van der Waals surface area (Å²) in [4.78, 5) is 30.5. The van der Waals surface area contributed by atoms with Gasteiger partial charge in [-0.1, -0.05) is 0 Å². The number of methoxy groups -OCH3 is 1. The minimum absolute atomic E-state index is 0.101. The standard InChI is InChI=1S/C21H20N2O5/c1-3-27-21(25)14-10-19(24)23(12-14)15-6-9-18-17(11-15)22-20(28-18)13-4-7-16(26-2)8-5-13/h4-9,11,14H,3,10,12H2,1-2H3/t14-/m1/s1. The number of hydrogen-bond acceptors (Lipinski definition) is 6. The molecule has 7 nitrogen and oxygen atoms in total.